The normalized spacial score (nSPS) is 12.1. The molecule has 2 heterocycles. The molecule has 98 valence electrons. The third-order valence-corrected chi connectivity index (χ3v) is 4.12. The zero-order valence-electron chi connectivity index (χ0n) is 10.5. The van der Waals surface area contributed by atoms with Crippen molar-refractivity contribution in [1.29, 1.82) is 0 Å². The standard InChI is InChI=1S/C13H12N2O3S/c1-8-9(6-7-18-8)13-14-10-4-3-5-11(12(10)15-13)19(2,16)17/h3-7H,1-2H3,(H,14,15). The highest BCUT2D eigenvalue weighted by Crippen LogP contribution is 2.27. The second kappa shape index (κ2) is 3.96. The molecule has 3 aromatic rings. The van der Waals surface area contributed by atoms with Crippen LogP contribution in [0.1, 0.15) is 5.76 Å². The van der Waals surface area contributed by atoms with Gasteiger partial charge in [0.2, 0.25) is 0 Å². The molecule has 0 radical (unpaired) electrons. The van der Waals surface area contributed by atoms with E-state index in [-0.39, 0.29) is 4.90 Å². The lowest BCUT2D eigenvalue weighted by molar-refractivity contribution is 0.535. The predicted molar refractivity (Wildman–Crippen MR) is 71.6 cm³/mol. The number of imidazole rings is 1. The number of benzene rings is 1. The second-order valence-electron chi connectivity index (χ2n) is 4.40. The van der Waals surface area contributed by atoms with Gasteiger partial charge in [0.25, 0.3) is 0 Å². The van der Waals surface area contributed by atoms with Crippen LogP contribution in [0.2, 0.25) is 0 Å². The van der Waals surface area contributed by atoms with Crippen molar-refractivity contribution < 1.29 is 12.8 Å². The molecule has 0 unspecified atom stereocenters. The summed E-state index contributed by atoms with van der Waals surface area (Å²) in [4.78, 5) is 7.73. The van der Waals surface area contributed by atoms with Crippen LogP contribution in [0.25, 0.3) is 22.4 Å². The molecular weight excluding hydrogens is 264 g/mol. The van der Waals surface area contributed by atoms with E-state index < -0.39 is 9.84 Å². The van der Waals surface area contributed by atoms with Crippen LogP contribution >= 0.6 is 0 Å². The topological polar surface area (TPSA) is 76.0 Å². The number of nitrogens with zero attached hydrogens (tertiary/aromatic N) is 1. The van der Waals surface area contributed by atoms with Gasteiger partial charge < -0.3 is 9.40 Å². The molecule has 0 saturated heterocycles. The van der Waals surface area contributed by atoms with Gasteiger partial charge in [0.1, 0.15) is 17.1 Å². The van der Waals surface area contributed by atoms with E-state index in [2.05, 4.69) is 9.97 Å². The second-order valence-corrected chi connectivity index (χ2v) is 6.38. The number of H-pyrrole nitrogens is 1. The minimum absolute atomic E-state index is 0.230. The molecule has 0 amide bonds. The number of nitrogens with one attached hydrogen (secondary N) is 1. The van der Waals surface area contributed by atoms with Crippen LogP contribution in [0.5, 0.6) is 0 Å². The lowest BCUT2D eigenvalue weighted by atomic mass is 10.2. The Bertz CT molecular complexity index is 859. The van der Waals surface area contributed by atoms with Crippen LogP contribution in [0.4, 0.5) is 0 Å². The zero-order chi connectivity index (χ0) is 13.6. The van der Waals surface area contributed by atoms with Gasteiger partial charge in [0.15, 0.2) is 9.84 Å². The Morgan fingerprint density at radius 2 is 2.05 bits per heavy atom. The number of hydrogen-bond donors (Lipinski definition) is 1. The van der Waals surface area contributed by atoms with Crippen LogP contribution in [0, 0.1) is 6.92 Å². The number of aromatic amines is 1. The highest BCUT2D eigenvalue weighted by atomic mass is 32.2. The molecule has 0 fully saturated rings. The van der Waals surface area contributed by atoms with Crippen molar-refractivity contribution in [2.24, 2.45) is 0 Å². The number of para-hydroxylation sites is 1. The lowest BCUT2D eigenvalue weighted by Gasteiger charge is -1.97. The molecule has 0 atom stereocenters. The van der Waals surface area contributed by atoms with E-state index >= 15 is 0 Å². The Kier molecular flexibility index (Phi) is 2.50. The monoisotopic (exact) mass is 276 g/mol. The van der Waals surface area contributed by atoms with Gasteiger partial charge in [-0.1, -0.05) is 6.07 Å². The Hall–Kier alpha value is -2.08. The molecule has 6 heteroatoms. The molecular formula is C13H12N2O3S. The van der Waals surface area contributed by atoms with E-state index in [1.54, 1.807) is 30.5 Å². The van der Waals surface area contributed by atoms with Crippen molar-refractivity contribution in [2.75, 3.05) is 6.26 Å². The number of sulfone groups is 1. The Morgan fingerprint density at radius 1 is 1.26 bits per heavy atom. The zero-order valence-corrected chi connectivity index (χ0v) is 11.3. The van der Waals surface area contributed by atoms with Crippen molar-refractivity contribution in [1.82, 2.24) is 9.97 Å². The maximum Gasteiger partial charge on any atom is 0.177 e. The fraction of sp³-hybridized carbons (Fsp3) is 0.154. The molecule has 0 aliphatic rings. The number of rotatable bonds is 2. The maximum absolute atomic E-state index is 11.7. The van der Waals surface area contributed by atoms with Crippen LogP contribution in [0.3, 0.4) is 0 Å². The van der Waals surface area contributed by atoms with E-state index in [1.807, 2.05) is 6.92 Å². The highest BCUT2D eigenvalue weighted by molar-refractivity contribution is 7.91. The summed E-state index contributed by atoms with van der Waals surface area (Å²) < 4.78 is 28.7. The summed E-state index contributed by atoms with van der Waals surface area (Å²) in [5, 5.41) is 0. The summed E-state index contributed by atoms with van der Waals surface area (Å²) in [6.45, 7) is 1.83. The summed E-state index contributed by atoms with van der Waals surface area (Å²) in [6, 6.07) is 6.86. The molecule has 5 nitrogen and oxygen atoms in total. The molecule has 0 aliphatic heterocycles. The maximum atomic E-state index is 11.7. The minimum atomic E-state index is -3.30. The molecule has 19 heavy (non-hydrogen) atoms. The summed E-state index contributed by atoms with van der Waals surface area (Å²) in [6.07, 6.45) is 2.76. The number of furan rings is 1. The van der Waals surface area contributed by atoms with Gasteiger partial charge in [-0.05, 0) is 25.1 Å². The smallest absolute Gasteiger partial charge is 0.177 e. The van der Waals surface area contributed by atoms with Gasteiger partial charge in [-0.25, -0.2) is 13.4 Å². The quantitative estimate of drug-likeness (QED) is 0.780. The lowest BCUT2D eigenvalue weighted by Crippen LogP contribution is -1.97. The molecule has 3 rings (SSSR count). The number of hydrogen-bond acceptors (Lipinski definition) is 4. The van der Waals surface area contributed by atoms with Gasteiger partial charge in [-0.3, -0.25) is 0 Å². The molecule has 0 bridgehead atoms. The summed E-state index contributed by atoms with van der Waals surface area (Å²) in [5.41, 5.74) is 1.98. The van der Waals surface area contributed by atoms with Gasteiger partial charge in [0.05, 0.1) is 22.2 Å². The van der Waals surface area contributed by atoms with Crippen LogP contribution in [-0.4, -0.2) is 24.6 Å². The minimum Gasteiger partial charge on any atom is -0.469 e. The van der Waals surface area contributed by atoms with E-state index in [4.69, 9.17) is 4.42 Å². The summed E-state index contributed by atoms with van der Waals surface area (Å²) in [5.74, 6) is 1.34. The average molecular weight is 276 g/mol. The Labute approximate surface area is 110 Å². The van der Waals surface area contributed by atoms with E-state index in [1.165, 1.54) is 6.26 Å². The van der Waals surface area contributed by atoms with Crippen molar-refractivity contribution in [2.45, 2.75) is 11.8 Å². The van der Waals surface area contributed by atoms with Gasteiger partial charge in [0, 0.05) is 6.26 Å². The third-order valence-electron chi connectivity index (χ3n) is 2.99. The summed E-state index contributed by atoms with van der Waals surface area (Å²) in [7, 11) is -3.30. The van der Waals surface area contributed by atoms with E-state index in [9.17, 15) is 8.42 Å². The van der Waals surface area contributed by atoms with Gasteiger partial charge in [-0.2, -0.15) is 0 Å². The Morgan fingerprint density at radius 3 is 2.68 bits per heavy atom. The van der Waals surface area contributed by atoms with Crippen molar-refractivity contribution >= 4 is 20.9 Å². The van der Waals surface area contributed by atoms with Gasteiger partial charge >= 0.3 is 0 Å². The van der Waals surface area contributed by atoms with Crippen molar-refractivity contribution in [3.8, 4) is 11.4 Å². The highest BCUT2D eigenvalue weighted by Gasteiger charge is 2.16. The van der Waals surface area contributed by atoms with Crippen LogP contribution in [-0.2, 0) is 9.84 Å². The van der Waals surface area contributed by atoms with Gasteiger partial charge in [-0.15, -0.1) is 0 Å². The van der Waals surface area contributed by atoms with Crippen LogP contribution in [0.15, 0.2) is 39.8 Å². The largest absolute Gasteiger partial charge is 0.469 e. The molecule has 1 aromatic carbocycles. The van der Waals surface area contributed by atoms with E-state index in [0.717, 1.165) is 11.3 Å². The average Bonchev–Trinajstić information content (AvgIpc) is 2.91. The number of fused-ring (bicyclic) bond motifs is 1. The molecule has 0 spiro atoms. The predicted octanol–water partition coefficient (Wildman–Crippen LogP) is 2.53. The first-order valence-corrected chi connectivity index (χ1v) is 7.59. The van der Waals surface area contributed by atoms with Crippen molar-refractivity contribution in [3.05, 3.63) is 36.3 Å². The third kappa shape index (κ3) is 1.94. The molecule has 2 aromatic heterocycles. The Balaban J connectivity index is 2.31. The first-order valence-electron chi connectivity index (χ1n) is 5.70. The first-order chi connectivity index (χ1) is 8.97. The molecule has 1 N–H and O–H groups in total. The fourth-order valence-electron chi connectivity index (χ4n) is 2.06. The van der Waals surface area contributed by atoms with E-state index in [0.29, 0.717) is 16.9 Å². The molecule has 0 saturated carbocycles. The van der Waals surface area contributed by atoms with Crippen LogP contribution < -0.4 is 0 Å². The number of aryl methyl sites for hydroxylation is 1. The molecule has 0 aliphatic carbocycles. The first kappa shape index (κ1) is 12.0. The fourth-order valence-corrected chi connectivity index (χ4v) is 2.90. The van der Waals surface area contributed by atoms with Crippen molar-refractivity contribution in [3.63, 3.8) is 0 Å². The SMILES string of the molecule is Cc1occc1-c1nc2c(S(C)(=O)=O)cccc2[nH]1. The number of aromatic nitrogens is 2. The summed E-state index contributed by atoms with van der Waals surface area (Å²) >= 11 is 0.